The van der Waals surface area contributed by atoms with Crippen LogP contribution in [-0.2, 0) is 0 Å². The number of rotatable bonds is 4. The first-order chi connectivity index (χ1) is 9.56. The zero-order chi connectivity index (χ0) is 14.7. The van der Waals surface area contributed by atoms with Crippen LogP contribution in [0.4, 0.5) is 0 Å². The third-order valence-corrected chi connectivity index (χ3v) is 3.88. The van der Waals surface area contributed by atoms with Gasteiger partial charge in [0.1, 0.15) is 11.5 Å². The highest BCUT2D eigenvalue weighted by Crippen LogP contribution is 2.38. The molecule has 20 heavy (non-hydrogen) atoms. The molecule has 0 spiro atoms. The van der Waals surface area contributed by atoms with Gasteiger partial charge in [-0.2, -0.15) is 0 Å². The van der Waals surface area contributed by atoms with Gasteiger partial charge in [-0.3, -0.25) is 0 Å². The Balaban J connectivity index is 2.48. The van der Waals surface area contributed by atoms with Gasteiger partial charge >= 0.3 is 0 Å². The highest BCUT2D eigenvalue weighted by atomic mass is 35.5. The highest BCUT2D eigenvalue weighted by Gasteiger charge is 2.18. The van der Waals surface area contributed by atoms with E-state index in [1.807, 2.05) is 18.2 Å². The van der Waals surface area contributed by atoms with Crippen LogP contribution in [0, 0.1) is 13.8 Å². The zero-order valence-electron chi connectivity index (χ0n) is 12.2. The van der Waals surface area contributed by atoms with Crippen molar-refractivity contribution in [1.82, 2.24) is 0 Å². The molecule has 2 aromatic carbocycles. The first-order valence-electron chi connectivity index (χ1n) is 6.50. The van der Waals surface area contributed by atoms with Crippen LogP contribution in [0.15, 0.2) is 36.4 Å². The molecule has 0 aliphatic rings. The summed E-state index contributed by atoms with van der Waals surface area (Å²) in [4.78, 5) is 0. The molecule has 2 aromatic rings. The van der Waals surface area contributed by atoms with Crippen molar-refractivity contribution in [1.29, 1.82) is 0 Å². The standard InChI is InChI=1S/C17H19ClO2/c1-11-5-7-14(12(2)9-11)17(18)15-10-13(19-3)6-8-16(15)20-4/h5-10,17H,1-4H3. The average Bonchev–Trinajstić information content (AvgIpc) is 2.46. The number of methoxy groups -OCH3 is 2. The number of ether oxygens (including phenoxy) is 2. The predicted molar refractivity (Wildman–Crippen MR) is 83.2 cm³/mol. The molecule has 0 saturated carbocycles. The lowest BCUT2D eigenvalue weighted by Crippen LogP contribution is -2.00. The van der Waals surface area contributed by atoms with Crippen LogP contribution in [0.5, 0.6) is 11.5 Å². The van der Waals surface area contributed by atoms with Gasteiger partial charge in [-0.05, 0) is 43.2 Å². The monoisotopic (exact) mass is 290 g/mol. The molecule has 0 saturated heterocycles. The maximum absolute atomic E-state index is 6.67. The van der Waals surface area contributed by atoms with Gasteiger partial charge in [0.05, 0.1) is 19.6 Å². The highest BCUT2D eigenvalue weighted by molar-refractivity contribution is 6.23. The van der Waals surface area contributed by atoms with Crippen LogP contribution >= 0.6 is 11.6 Å². The Labute approximate surface area is 125 Å². The summed E-state index contributed by atoms with van der Waals surface area (Å²) in [5.41, 5.74) is 4.41. The zero-order valence-corrected chi connectivity index (χ0v) is 13.0. The van der Waals surface area contributed by atoms with Crippen LogP contribution in [0.3, 0.4) is 0 Å². The van der Waals surface area contributed by atoms with Crippen LogP contribution in [-0.4, -0.2) is 14.2 Å². The summed E-state index contributed by atoms with van der Waals surface area (Å²) < 4.78 is 10.7. The maximum atomic E-state index is 6.67. The molecule has 0 fully saturated rings. The molecular formula is C17H19ClO2. The van der Waals surface area contributed by atoms with Crippen LogP contribution in [0.2, 0.25) is 0 Å². The fourth-order valence-corrected chi connectivity index (χ4v) is 2.73. The quantitative estimate of drug-likeness (QED) is 0.763. The van der Waals surface area contributed by atoms with E-state index in [1.54, 1.807) is 14.2 Å². The molecule has 106 valence electrons. The van der Waals surface area contributed by atoms with E-state index >= 15 is 0 Å². The lowest BCUT2D eigenvalue weighted by atomic mass is 9.97. The van der Waals surface area contributed by atoms with E-state index in [0.29, 0.717) is 0 Å². The molecule has 0 aliphatic heterocycles. The number of halogens is 1. The minimum Gasteiger partial charge on any atom is -0.497 e. The first kappa shape index (κ1) is 14.7. The van der Waals surface area contributed by atoms with Crippen molar-refractivity contribution in [2.45, 2.75) is 19.2 Å². The van der Waals surface area contributed by atoms with Crippen molar-refractivity contribution in [3.63, 3.8) is 0 Å². The summed E-state index contributed by atoms with van der Waals surface area (Å²) in [5.74, 6) is 1.54. The van der Waals surface area contributed by atoms with Gasteiger partial charge in [0.25, 0.3) is 0 Å². The first-order valence-corrected chi connectivity index (χ1v) is 6.93. The van der Waals surface area contributed by atoms with Crippen molar-refractivity contribution in [3.05, 3.63) is 58.7 Å². The summed E-state index contributed by atoms with van der Waals surface area (Å²) in [5, 5.41) is -0.263. The van der Waals surface area contributed by atoms with E-state index in [-0.39, 0.29) is 5.38 Å². The Hall–Kier alpha value is -1.67. The van der Waals surface area contributed by atoms with E-state index in [1.165, 1.54) is 11.1 Å². The average molecular weight is 291 g/mol. The number of aryl methyl sites for hydroxylation is 2. The molecule has 0 aliphatic carbocycles. The molecule has 1 atom stereocenters. The molecule has 0 amide bonds. The van der Waals surface area contributed by atoms with Crippen LogP contribution in [0.25, 0.3) is 0 Å². The van der Waals surface area contributed by atoms with Crippen molar-refractivity contribution in [3.8, 4) is 11.5 Å². The molecule has 1 unspecified atom stereocenters. The number of hydrogen-bond donors (Lipinski definition) is 0. The van der Waals surface area contributed by atoms with E-state index in [2.05, 4.69) is 32.0 Å². The summed E-state index contributed by atoms with van der Waals surface area (Å²) in [6.07, 6.45) is 0. The summed E-state index contributed by atoms with van der Waals surface area (Å²) in [7, 11) is 3.29. The molecule has 0 N–H and O–H groups in total. The van der Waals surface area contributed by atoms with Gasteiger partial charge in [-0.15, -0.1) is 11.6 Å². The second-order valence-corrected chi connectivity index (χ2v) is 5.27. The smallest absolute Gasteiger partial charge is 0.124 e. The van der Waals surface area contributed by atoms with Gasteiger partial charge in [0.2, 0.25) is 0 Å². The van der Waals surface area contributed by atoms with E-state index < -0.39 is 0 Å². The lowest BCUT2D eigenvalue weighted by Gasteiger charge is -2.17. The van der Waals surface area contributed by atoms with Crippen molar-refractivity contribution in [2.75, 3.05) is 14.2 Å². The summed E-state index contributed by atoms with van der Waals surface area (Å²) in [6, 6.07) is 12.0. The van der Waals surface area contributed by atoms with Gasteiger partial charge in [0, 0.05) is 5.56 Å². The largest absolute Gasteiger partial charge is 0.497 e. The van der Waals surface area contributed by atoms with Gasteiger partial charge < -0.3 is 9.47 Å². The lowest BCUT2D eigenvalue weighted by molar-refractivity contribution is 0.399. The molecule has 2 nitrogen and oxygen atoms in total. The van der Waals surface area contributed by atoms with E-state index in [9.17, 15) is 0 Å². The number of benzene rings is 2. The summed E-state index contributed by atoms with van der Waals surface area (Å²) >= 11 is 6.67. The van der Waals surface area contributed by atoms with Gasteiger partial charge in [-0.1, -0.05) is 23.8 Å². The Morgan fingerprint density at radius 2 is 1.65 bits per heavy atom. The normalized spacial score (nSPS) is 12.1. The SMILES string of the molecule is COc1ccc(OC)c(C(Cl)c2ccc(C)cc2C)c1. The fourth-order valence-electron chi connectivity index (χ4n) is 2.31. The second kappa shape index (κ2) is 6.19. The Morgan fingerprint density at radius 1 is 0.900 bits per heavy atom. The molecular weight excluding hydrogens is 272 g/mol. The molecule has 3 heteroatoms. The predicted octanol–water partition coefficient (Wildman–Crippen LogP) is 4.65. The maximum Gasteiger partial charge on any atom is 0.124 e. The number of hydrogen-bond acceptors (Lipinski definition) is 2. The molecule has 0 aromatic heterocycles. The molecule has 0 bridgehead atoms. The fraction of sp³-hybridized carbons (Fsp3) is 0.294. The van der Waals surface area contributed by atoms with E-state index in [0.717, 1.165) is 22.6 Å². The van der Waals surface area contributed by atoms with Gasteiger partial charge in [-0.25, -0.2) is 0 Å². The molecule has 2 rings (SSSR count). The molecule has 0 radical (unpaired) electrons. The number of alkyl halides is 1. The third-order valence-electron chi connectivity index (χ3n) is 3.41. The molecule has 0 heterocycles. The second-order valence-electron chi connectivity index (χ2n) is 4.83. The Kier molecular flexibility index (Phi) is 4.56. The van der Waals surface area contributed by atoms with Crippen molar-refractivity contribution >= 4 is 11.6 Å². The third kappa shape index (κ3) is 2.91. The Morgan fingerprint density at radius 3 is 2.25 bits per heavy atom. The summed E-state index contributed by atoms with van der Waals surface area (Å²) in [6.45, 7) is 4.15. The van der Waals surface area contributed by atoms with Crippen LogP contribution in [0.1, 0.15) is 27.6 Å². The van der Waals surface area contributed by atoms with Crippen molar-refractivity contribution in [2.24, 2.45) is 0 Å². The minimum atomic E-state index is -0.263. The Bertz CT molecular complexity index is 608. The minimum absolute atomic E-state index is 0.263. The van der Waals surface area contributed by atoms with Crippen molar-refractivity contribution < 1.29 is 9.47 Å². The van der Waals surface area contributed by atoms with Gasteiger partial charge in [0.15, 0.2) is 0 Å². The van der Waals surface area contributed by atoms with Crippen LogP contribution < -0.4 is 9.47 Å². The topological polar surface area (TPSA) is 18.5 Å². The van der Waals surface area contributed by atoms with E-state index in [4.69, 9.17) is 21.1 Å².